The van der Waals surface area contributed by atoms with Crippen LogP contribution >= 0.6 is 23.1 Å². The zero-order valence-electron chi connectivity index (χ0n) is 39.6. The lowest BCUT2D eigenvalue weighted by Crippen LogP contribution is -2.54. The van der Waals surface area contributed by atoms with Crippen molar-refractivity contribution in [2.45, 2.75) is 92.9 Å². The number of aromatic nitrogens is 2. The number of ether oxygens (including phenoxy) is 4. The number of imide groups is 2. The van der Waals surface area contributed by atoms with Gasteiger partial charge in [0.25, 0.3) is 11.8 Å². The Morgan fingerprint density at radius 3 is 2.48 bits per heavy atom. The molecule has 3 aliphatic rings. The Bertz CT molecular complexity index is 2420. The molecule has 4 N–H and O–H groups in total. The predicted molar refractivity (Wildman–Crippen MR) is 263 cm³/mol. The molecule has 69 heavy (non-hydrogen) atoms. The number of thiazole rings is 1. The van der Waals surface area contributed by atoms with Crippen molar-refractivity contribution in [3.05, 3.63) is 89.8 Å². The molecule has 2 aromatic heterocycles. The van der Waals surface area contributed by atoms with Crippen LogP contribution < -0.4 is 26.0 Å². The normalized spacial score (nSPS) is 18.5. The Morgan fingerprint density at radius 1 is 0.957 bits per heavy atom. The molecule has 370 valence electrons. The maximum atomic E-state index is 13.2. The monoisotopic (exact) mass is 986 g/mol. The van der Waals surface area contributed by atoms with E-state index in [1.165, 1.54) is 6.08 Å². The molecule has 1 saturated carbocycles. The summed E-state index contributed by atoms with van der Waals surface area (Å²) in [6, 6.07) is 11.7. The topological polar surface area (TPSA) is 216 Å². The quantitative estimate of drug-likeness (QED) is 0.0241. The van der Waals surface area contributed by atoms with Crippen LogP contribution in [0.3, 0.4) is 0 Å². The fourth-order valence-electron chi connectivity index (χ4n) is 7.91. The van der Waals surface area contributed by atoms with E-state index in [9.17, 15) is 24.0 Å². The molecule has 5 amide bonds. The Kier molecular flexibility index (Phi) is 18.4. The van der Waals surface area contributed by atoms with Crippen molar-refractivity contribution in [3.8, 4) is 5.75 Å². The Labute approximate surface area is 410 Å². The smallest absolute Gasteiger partial charge is 0.264 e. The molecule has 1 saturated heterocycles. The van der Waals surface area contributed by atoms with Crippen molar-refractivity contribution >= 4 is 69.1 Å². The van der Waals surface area contributed by atoms with E-state index in [0.717, 1.165) is 57.3 Å². The van der Waals surface area contributed by atoms with Gasteiger partial charge in [0.15, 0.2) is 5.13 Å². The number of hydrogen-bond acceptors (Lipinski definition) is 17. The van der Waals surface area contributed by atoms with Gasteiger partial charge >= 0.3 is 0 Å². The lowest BCUT2D eigenvalue weighted by molar-refractivity contribution is -0.136. The highest BCUT2D eigenvalue weighted by Crippen LogP contribution is 2.35. The summed E-state index contributed by atoms with van der Waals surface area (Å²) in [6.45, 7) is 10.4. The van der Waals surface area contributed by atoms with E-state index in [1.807, 2.05) is 54.7 Å². The van der Waals surface area contributed by atoms with E-state index in [1.54, 1.807) is 41.3 Å². The number of nitrogens with one attached hydrogen (secondary N) is 4. The number of likely N-dealkylation sites (N-methyl/N-ethyl adjacent to an activating group) is 1. The number of carbonyl (C=O) groups excluding carboxylic acids is 5. The van der Waals surface area contributed by atoms with Gasteiger partial charge in [-0.2, -0.15) is 0 Å². The van der Waals surface area contributed by atoms with E-state index in [0.29, 0.717) is 76.4 Å². The number of anilines is 3. The molecule has 2 aromatic carbocycles. The molecular formula is C49H62N8O10S2. The van der Waals surface area contributed by atoms with E-state index >= 15 is 0 Å². The SMILES string of the molecule is CN(C/C=C/C(=O)Nc1ccc(OC2CCCC(Nc3ncc(SCc4ncc(C(C)(C)C)o4)s3)C2)cc1)CCOCCOCCOCCNc1cccc2c1C(=O)N(C1CCC(=O)NC1=O)C2=O. The molecule has 7 rings (SSSR count). The number of benzene rings is 2. The van der Waals surface area contributed by atoms with E-state index in [4.69, 9.17) is 23.4 Å². The third-order valence-electron chi connectivity index (χ3n) is 11.6. The van der Waals surface area contributed by atoms with Crippen LogP contribution in [0.25, 0.3) is 0 Å². The second-order valence-corrected chi connectivity index (χ2v) is 20.3. The summed E-state index contributed by atoms with van der Waals surface area (Å²) in [7, 11) is 1.95. The molecule has 4 heterocycles. The summed E-state index contributed by atoms with van der Waals surface area (Å²) in [5.74, 6) is 0.646. The average molecular weight is 987 g/mol. The summed E-state index contributed by atoms with van der Waals surface area (Å²) in [4.78, 5) is 74.8. The third-order valence-corrected chi connectivity index (χ3v) is 13.7. The van der Waals surface area contributed by atoms with Crippen LogP contribution in [-0.2, 0) is 39.8 Å². The van der Waals surface area contributed by atoms with Gasteiger partial charge in [-0.3, -0.25) is 34.2 Å². The summed E-state index contributed by atoms with van der Waals surface area (Å²) in [5.41, 5.74) is 1.52. The highest BCUT2D eigenvalue weighted by Gasteiger charge is 2.45. The number of fused-ring (bicyclic) bond motifs is 1. The van der Waals surface area contributed by atoms with Gasteiger partial charge in [0.1, 0.15) is 23.7 Å². The minimum atomic E-state index is -1.02. The standard InChI is InChI=1S/C49H62N8O10S2/c1-49(2,3)39-29-51-42(67-39)31-68-43-30-52-48(69-43)54-33-8-5-9-35(28-33)66-34-15-13-32(14-16-34)53-40(58)12-7-20-56(4)21-23-64-25-27-65-26-24-63-22-19-50-37-11-6-10-36-44(37)47(62)57(46(36)61)38-17-18-41(59)55-45(38)60/h6-7,10-16,29-30,33,35,38,50H,5,8-9,17-28,31H2,1-4H3,(H,52,54)(H,53,58)(H,55,59,60)/b12-7+. The van der Waals surface area contributed by atoms with Crippen molar-refractivity contribution in [1.82, 2.24) is 25.1 Å². The lowest BCUT2D eigenvalue weighted by atomic mass is 9.93. The van der Waals surface area contributed by atoms with Crippen molar-refractivity contribution in [2.24, 2.45) is 0 Å². The molecule has 2 fully saturated rings. The largest absolute Gasteiger partial charge is 0.490 e. The van der Waals surface area contributed by atoms with Gasteiger partial charge in [-0.15, -0.1) is 11.8 Å². The molecule has 20 heteroatoms. The minimum Gasteiger partial charge on any atom is -0.490 e. The summed E-state index contributed by atoms with van der Waals surface area (Å²) in [6.07, 6.45) is 11.3. The number of carbonyl (C=O) groups is 5. The minimum absolute atomic E-state index is 0.0599. The Hall–Kier alpha value is -5.64. The highest BCUT2D eigenvalue weighted by molar-refractivity contribution is 8.00. The molecule has 4 aromatic rings. The second-order valence-electron chi connectivity index (χ2n) is 18.0. The molecule has 0 spiro atoms. The van der Waals surface area contributed by atoms with Gasteiger partial charge < -0.3 is 44.2 Å². The first-order valence-electron chi connectivity index (χ1n) is 23.4. The average Bonchev–Trinajstić information content (AvgIpc) is 4.05. The van der Waals surface area contributed by atoms with Gasteiger partial charge in [0.2, 0.25) is 23.6 Å². The molecule has 18 nitrogen and oxygen atoms in total. The van der Waals surface area contributed by atoms with Gasteiger partial charge in [0, 0.05) is 61.4 Å². The highest BCUT2D eigenvalue weighted by atomic mass is 32.2. The van der Waals surface area contributed by atoms with Crippen LogP contribution in [0.5, 0.6) is 5.75 Å². The second kappa shape index (κ2) is 24.8. The van der Waals surface area contributed by atoms with Crippen molar-refractivity contribution in [3.63, 3.8) is 0 Å². The van der Waals surface area contributed by atoms with E-state index in [2.05, 4.69) is 52.0 Å². The summed E-state index contributed by atoms with van der Waals surface area (Å²) in [5, 5.41) is 12.8. The summed E-state index contributed by atoms with van der Waals surface area (Å²) >= 11 is 3.32. The molecule has 0 bridgehead atoms. The lowest BCUT2D eigenvalue weighted by Gasteiger charge is -2.30. The van der Waals surface area contributed by atoms with Crippen molar-refractivity contribution < 1.29 is 47.3 Å². The fourth-order valence-corrected chi connectivity index (χ4v) is 9.72. The van der Waals surface area contributed by atoms with Gasteiger partial charge in [-0.25, -0.2) is 9.97 Å². The van der Waals surface area contributed by atoms with Gasteiger partial charge in [-0.05, 0) is 69.1 Å². The third kappa shape index (κ3) is 14.9. The predicted octanol–water partition coefficient (Wildman–Crippen LogP) is 6.51. The van der Waals surface area contributed by atoms with E-state index < -0.39 is 29.7 Å². The van der Waals surface area contributed by atoms with Crippen LogP contribution in [0.4, 0.5) is 16.5 Å². The van der Waals surface area contributed by atoms with Crippen molar-refractivity contribution in [2.75, 3.05) is 82.3 Å². The number of hydrogen-bond donors (Lipinski definition) is 4. The number of rotatable bonds is 25. The van der Waals surface area contributed by atoms with Crippen LogP contribution in [-0.4, -0.2) is 134 Å². The van der Waals surface area contributed by atoms with E-state index in [-0.39, 0.29) is 47.4 Å². The van der Waals surface area contributed by atoms with Crippen LogP contribution in [0.2, 0.25) is 0 Å². The van der Waals surface area contributed by atoms with Gasteiger partial charge in [-0.1, -0.05) is 44.3 Å². The zero-order valence-corrected chi connectivity index (χ0v) is 41.2. The van der Waals surface area contributed by atoms with Crippen LogP contribution in [0.15, 0.2) is 75.6 Å². The molecule has 0 radical (unpaired) electrons. The maximum Gasteiger partial charge on any atom is 0.264 e. The Balaban J connectivity index is 0.689. The van der Waals surface area contributed by atoms with Crippen LogP contribution in [0.1, 0.15) is 91.7 Å². The zero-order chi connectivity index (χ0) is 48.8. The molecular weight excluding hydrogens is 925 g/mol. The number of amides is 5. The molecule has 3 unspecified atom stereocenters. The maximum absolute atomic E-state index is 13.2. The van der Waals surface area contributed by atoms with Gasteiger partial charge in [0.05, 0.1) is 73.1 Å². The first-order chi connectivity index (χ1) is 33.3. The van der Waals surface area contributed by atoms with Crippen molar-refractivity contribution in [1.29, 1.82) is 0 Å². The number of piperidine rings is 1. The fraction of sp³-hybridized carbons (Fsp3) is 0.490. The molecule has 1 aliphatic carbocycles. The molecule has 3 atom stereocenters. The number of nitrogens with zero attached hydrogens (tertiary/aromatic N) is 4. The number of thioether (sulfide) groups is 1. The number of oxazole rings is 1. The molecule has 2 aliphatic heterocycles. The summed E-state index contributed by atoms with van der Waals surface area (Å²) < 4.78 is 30.3. The first-order valence-corrected chi connectivity index (χ1v) is 25.2. The Morgan fingerprint density at radius 2 is 1.72 bits per heavy atom. The van der Waals surface area contributed by atoms with Crippen LogP contribution in [0, 0.1) is 0 Å². The first kappa shape index (κ1) is 51.2.